The Morgan fingerprint density at radius 3 is 2.94 bits per heavy atom. The maximum absolute atomic E-state index is 11.4. The minimum atomic E-state index is -0.758. The number of amides is 1. The van der Waals surface area contributed by atoms with Gasteiger partial charge in [-0.25, -0.2) is 0 Å². The lowest BCUT2D eigenvalue weighted by atomic mass is 9.95. The first-order valence-corrected chi connectivity index (χ1v) is 6.03. The Morgan fingerprint density at radius 2 is 2.22 bits per heavy atom. The molecule has 94 valence electrons. The minimum absolute atomic E-state index is 0.00484. The van der Waals surface area contributed by atoms with Crippen LogP contribution in [0.25, 0.3) is 0 Å². The number of nitrogens with one attached hydrogen (secondary N) is 2. The number of hydrogen-bond acceptors (Lipinski definition) is 3. The van der Waals surface area contributed by atoms with Crippen LogP contribution < -0.4 is 10.6 Å². The van der Waals surface area contributed by atoms with Crippen molar-refractivity contribution in [3.05, 3.63) is 29.3 Å². The van der Waals surface area contributed by atoms with Gasteiger partial charge in [-0.2, -0.15) is 0 Å². The highest BCUT2D eigenvalue weighted by molar-refractivity contribution is 5.99. The van der Waals surface area contributed by atoms with E-state index in [0.717, 1.165) is 16.8 Å². The molecular weight excluding hydrogens is 232 g/mol. The lowest BCUT2D eigenvalue weighted by molar-refractivity contribution is -0.141. The largest absolute Gasteiger partial charge is 0.481 e. The van der Waals surface area contributed by atoms with Crippen LogP contribution in [0.5, 0.6) is 0 Å². The number of benzene rings is 1. The number of anilines is 1. The Morgan fingerprint density at radius 1 is 1.39 bits per heavy atom. The Kier molecular flexibility index (Phi) is 2.56. The first kappa shape index (κ1) is 11.2. The molecule has 3 N–H and O–H groups in total. The number of carbonyl (C=O) groups excluding carboxylic acids is 1. The second kappa shape index (κ2) is 4.10. The Labute approximate surface area is 104 Å². The van der Waals surface area contributed by atoms with Gasteiger partial charge in [0, 0.05) is 18.3 Å². The Bertz CT molecular complexity index is 527. The SMILES string of the molecule is O=C1Cc2c(cccc2C2CC(C(=O)O)CN2)N1. The molecule has 2 atom stereocenters. The normalized spacial score (nSPS) is 25.9. The molecule has 0 bridgehead atoms. The number of carboxylic acid groups (broad SMARTS) is 1. The number of fused-ring (bicyclic) bond motifs is 1. The van der Waals surface area contributed by atoms with Gasteiger partial charge in [-0.3, -0.25) is 9.59 Å². The van der Waals surface area contributed by atoms with Gasteiger partial charge in [-0.15, -0.1) is 0 Å². The maximum Gasteiger partial charge on any atom is 0.307 e. The third-order valence-corrected chi connectivity index (χ3v) is 3.68. The molecule has 0 aliphatic carbocycles. The van der Waals surface area contributed by atoms with Crippen LogP contribution in [-0.2, 0) is 16.0 Å². The van der Waals surface area contributed by atoms with Gasteiger partial charge < -0.3 is 15.7 Å². The van der Waals surface area contributed by atoms with Crippen LogP contribution in [0.15, 0.2) is 18.2 Å². The van der Waals surface area contributed by atoms with E-state index in [9.17, 15) is 9.59 Å². The third-order valence-electron chi connectivity index (χ3n) is 3.68. The van der Waals surface area contributed by atoms with E-state index >= 15 is 0 Å². The molecule has 0 saturated carbocycles. The lowest BCUT2D eigenvalue weighted by Crippen LogP contribution is -2.17. The van der Waals surface area contributed by atoms with Crippen molar-refractivity contribution in [2.75, 3.05) is 11.9 Å². The van der Waals surface area contributed by atoms with Crippen LogP contribution in [0.3, 0.4) is 0 Å². The Balaban J connectivity index is 1.89. The predicted molar refractivity (Wildman–Crippen MR) is 65.3 cm³/mol. The van der Waals surface area contributed by atoms with Gasteiger partial charge >= 0.3 is 5.97 Å². The zero-order valence-electron chi connectivity index (χ0n) is 9.77. The van der Waals surface area contributed by atoms with Crippen LogP contribution in [0.2, 0.25) is 0 Å². The molecule has 0 spiro atoms. The molecule has 3 rings (SSSR count). The second-order valence-electron chi connectivity index (χ2n) is 4.83. The van der Waals surface area contributed by atoms with E-state index in [4.69, 9.17) is 5.11 Å². The zero-order valence-corrected chi connectivity index (χ0v) is 9.77. The van der Waals surface area contributed by atoms with Gasteiger partial charge in [0.15, 0.2) is 0 Å². The van der Waals surface area contributed by atoms with Crippen LogP contribution in [0, 0.1) is 5.92 Å². The summed E-state index contributed by atoms with van der Waals surface area (Å²) in [6.45, 7) is 0.491. The quantitative estimate of drug-likeness (QED) is 0.725. The molecule has 1 fully saturated rings. The number of hydrogen-bond donors (Lipinski definition) is 3. The van der Waals surface area contributed by atoms with E-state index in [0.29, 0.717) is 19.4 Å². The van der Waals surface area contributed by atoms with Crippen molar-refractivity contribution in [3.63, 3.8) is 0 Å². The van der Waals surface area contributed by atoms with Crippen molar-refractivity contribution < 1.29 is 14.7 Å². The van der Waals surface area contributed by atoms with Gasteiger partial charge in [-0.1, -0.05) is 12.1 Å². The van der Waals surface area contributed by atoms with Gasteiger partial charge in [-0.05, 0) is 23.6 Å². The standard InChI is InChI=1S/C13H14N2O3/c16-12-5-9-8(2-1-3-10(9)15-12)11-4-7(6-14-11)13(17)18/h1-3,7,11,14H,4-6H2,(H,15,16)(H,17,18). The first-order valence-electron chi connectivity index (χ1n) is 6.03. The zero-order chi connectivity index (χ0) is 12.7. The van der Waals surface area contributed by atoms with E-state index in [1.54, 1.807) is 0 Å². The van der Waals surface area contributed by atoms with Crippen LogP contribution in [-0.4, -0.2) is 23.5 Å². The highest BCUT2D eigenvalue weighted by Crippen LogP contribution is 2.35. The summed E-state index contributed by atoms with van der Waals surface area (Å²) in [6, 6.07) is 5.79. The molecule has 5 nitrogen and oxygen atoms in total. The number of rotatable bonds is 2. The van der Waals surface area contributed by atoms with Crippen molar-refractivity contribution in [2.45, 2.75) is 18.9 Å². The molecule has 2 unspecified atom stereocenters. The molecule has 0 radical (unpaired) electrons. The minimum Gasteiger partial charge on any atom is -0.481 e. The molecule has 2 aliphatic rings. The van der Waals surface area contributed by atoms with Gasteiger partial charge in [0.25, 0.3) is 0 Å². The summed E-state index contributed by atoms with van der Waals surface area (Å²) in [6.07, 6.45) is 0.974. The maximum atomic E-state index is 11.4. The van der Waals surface area contributed by atoms with Gasteiger partial charge in [0.2, 0.25) is 5.91 Å². The number of aliphatic carboxylic acids is 1. The molecule has 1 aromatic rings. The topological polar surface area (TPSA) is 78.4 Å². The molecule has 2 heterocycles. The molecule has 18 heavy (non-hydrogen) atoms. The number of carbonyl (C=O) groups is 2. The summed E-state index contributed by atoms with van der Waals surface area (Å²) in [4.78, 5) is 22.4. The molecule has 1 aromatic carbocycles. The van der Waals surface area contributed by atoms with E-state index in [-0.39, 0.29) is 17.9 Å². The van der Waals surface area contributed by atoms with Crippen LogP contribution >= 0.6 is 0 Å². The summed E-state index contributed by atoms with van der Waals surface area (Å²) in [5.74, 6) is -1.09. The average Bonchev–Trinajstić information content (AvgIpc) is 2.92. The van der Waals surface area contributed by atoms with E-state index in [1.165, 1.54) is 0 Å². The summed E-state index contributed by atoms with van der Waals surface area (Å²) in [5.41, 5.74) is 2.92. The fraction of sp³-hybridized carbons (Fsp3) is 0.385. The van der Waals surface area contributed by atoms with Crippen molar-refractivity contribution >= 4 is 17.6 Å². The van der Waals surface area contributed by atoms with Crippen LogP contribution in [0.1, 0.15) is 23.6 Å². The van der Waals surface area contributed by atoms with E-state index in [2.05, 4.69) is 10.6 Å². The number of carboxylic acids is 1. The molecule has 2 aliphatic heterocycles. The lowest BCUT2D eigenvalue weighted by Gasteiger charge is -2.14. The van der Waals surface area contributed by atoms with Gasteiger partial charge in [0.05, 0.1) is 12.3 Å². The fourth-order valence-corrected chi connectivity index (χ4v) is 2.76. The van der Waals surface area contributed by atoms with Crippen molar-refractivity contribution in [2.24, 2.45) is 5.92 Å². The fourth-order valence-electron chi connectivity index (χ4n) is 2.76. The molecular formula is C13H14N2O3. The second-order valence-corrected chi connectivity index (χ2v) is 4.83. The summed E-state index contributed by atoms with van der Waals surface area (Å²) < 4.78 is 0. The molecule has 1 saturated heterocycles. The first-order chi connectivity index (χ1) is 8.65. The third kappa shape index (κ3) is 1.76. The predicted octanol–water partition coefficient (Wildman–Crippen LogP) is 0.916. The summed E-state index contributed by atoms with van der Waals surface area (Å²) >= 11 is 0. The summed E-state index contributed by atoms with van der Waals surface area (Å²) in [5, 5.41) is 15.0. The monoisotopic (exact) mass is 246 g/mol. The smallest absolute Gasteiger partial charge is 0.307 e. The van der Waals surface area contributed by atoms with Crippen LogP contribution in [0.4, 0.5) is 5.69 Å². The molecule has 1 amide bonds. The van der Waals surface area contributed by atoms with E-state index < -0.39 is 5.97 Å². The molecule has 5 heteroatoms. The van der Waals surface area contributed by atoms with Crippen molar-refractivity contribution in [3.8, 4) is 0 Å². The van der Waals surface area contributed by atoms with Gasteiger partial charge in [0.1, 0.15) is 0 Å². The molecule has 0 aromatic heterocycles. The van der Waals surface area contributed by atoms with E-state index in [1.807, 2.05) is 18.2 Å². The highest BCUT2D eigenvalue weighted by Gasteiger charge is 2.33. The Hall–Kier alpha value is -1.88. The highest BCUT2D eigenvalue weighted by atomic mass is 16.4. The average molecular weight is 246 g/mol. The van der Waals surface area contributed by atoms with Crippen molar-refractivity contribution in [1.82, 2.24) is 5.32 Å². The van der Waals surface area contributed by atoms with Crippen molar-refractivity contribution in [1.29, 1.82) is 0 Å². The summed E-state index contributed by atoms with van der Waals surface area (Å²) in [7, 11) is 0.